The number of thioether (sulfide) groups is 1. The molecular weight excluding hydrogens is 342 g/mol. The SMILES string of the molecule is CC(C)(C)OCc1nc(CSc2ncc3c(n2)CCCC3=O)cs1. The van der Waals surface area contributed by atoms with Crippen LogP contribution in [-0.4, -0.2) is 26.3 Å². The third-order valence-electron chi connectivity index (χ3n) is 3.54. The van der Waals surface area contributed by atoms with E-state index in [0.29, 0.717) is 23.7 Å². The Morgan fingerprint density at radius 1 is 1.29 bits per heavy atom. The lowest BCUT2D eigenvalue weighted by Crippen LogP contribution is -2.18. The molecule has 1 aliphatic rings. The molecule has 5 nitrogen and oxygen atoms in total. The van der Waals surface area contributed by atoms with E-state index < -0.39 is 0 Å². The molecule has 1 aliphatic carbocycles. The van der Waals surface area contributed by atoms with E-state index in [2.05, 4.69) is 20.3 Å². The van der Waals surface area contributed by atoms with Crippen molar-refractivity contribution in [2.45, 2.75) is 63.2 Å². The Balaban J connectivity index is 1.58. The number of thiazole rings is 1. The van der Waals surface area contributed by atoms with Gasteiger partial charge in [-0.05, 0) is 33.6 Å². The number of rotatable bonds is 5. The van der Waals surface area contributed by atoms with Gasteiger partial charge < -0.3 is 4.74 Å². The molecule has 24 heavy (non-hydrogen) atoms. The summed E-state index contributed by atoms with van der Waals surface area (Å²) in [6.45, 7) is 6.65. The molecule has 0 atom stereocenters. The van der Waals surface area contributed by atoms with E-state index in [0.717, 1.165) is 35.0 Å². The number of nitrogens with zero attached hydrogens (tertiary/aromatic N) is 3. The van der Waals surface area contributed by atoms with E-state index in [9.17, 15) is 4.79 Å². The number of hydrogen-bond acceptors (Lipinski definition) is 7. The smallest absolute Gasteiger partial charge is 0.188 e. The Morgan fingerprint density at radius 3 is 2.92 bits per heavy atom. The first-order valence-electron chi connectivity index (χ1n) is 8.00. The summed E-state index contributed by atoms with van der Waals surface area (Å²) in [5.74, 6) is 0.884. The van der Waals surface area contributed by atoms with Crippen LogP contribution in [0.1, 0.15) is 60.4 Å². The van der Waals surface area contributed by atoms with Crippen molar-refractivity contribution in [3.8, 4) is 0 Å². The van der Waals surface area contributed by atoms with Crippen LogP contribution in [0.4, 0.5) is 0 Å². The summed E-state index contributed by atoms with van der Waals surface area (Å²) in [7, 11) is 0. The zero-order chi connectivity index (χ0) is 17.2. The summed E-state index contributed by atoms with van der Waals surface area (Å²) < 4.78 is 5.75. The Kier molecular flexibility index (Phi) is 5.32. The summed E-state index contributed by atoms with van der Waals surface area (Å²) >= 11 is 3.17. The Bertz CT molecular complexity index is 738. The summed E-state index contributed by atoms with van der Waals surface area (Å²) in [5.41, 5.74) is 2.44. The molecule has 0 N–H and O–H groups in total. The molecule has 0 aliphatic heterocycles. The van der Waals surface area contributed by atoms with Gasteiger partial charge >= 0.3 is 0 Å². The number of hydrogen-bond donors (Lipinski definition) is 0. The van der Waals surface area contributed by atoms with Gasteiger partial charge in [-0.3, -0.25) is 4.79 Å². The van der Waals surface area contributed by atoms with Crippen LogP contribution >= 0.6 is 23.1 Å². The lowest BCUT2D eigenvalue weighted by Gasteiger charge is -2.18. The molecular formula is C17H21N3O2S2. The van der Waals surface area contributed by atoms with Crippen molar-refractivity contribution in [1.29, 1.82) is 0 Å². The van der Waals surface area contributed by atoms with Crippen LogP contribution in [0.2, 0.25) is 0 Å². The minimum absolute atomic E-state index is 0.158. The van der Waals surface area contributed by atoms with Crippen LogP contribution < -0.4 is 0 Å². The molecule has 7 heteroatoms. The van der Waals surface area contributed by atoms with Crippen LogP contribution in [0.25, 0.3) is 0 Å². The maximum atomic E-state index is 11.8. The number of aryl methyl sites for hydroxylation is 1. The second kappa shape index (κ2) is 7.29. The molecule has 0 radical (unpaired) electrons. The second-order valence-electron chi connectivity index (χ2n) is 6.71. The first-order chi connectivity index (χ1) is 11.4. The molecule has 0 saturated carbocycles. The highest BCUT2D eigenvalue weighted by Gasteiger charge is 2.19. The molecule has 128 valence electrons. The van der Waals surface area contributed by atoms with Gasteiger partial charge in [0.1, 0.15) is 5.01 Å². The van der Waals surface area contributed by atoms with Gasteiger partial charge in [0.25, 0.3) is 0 Å². The minimum atomic E-state index is -0.158. The third kappa shape index (κ3) is 4.62. The normalized spacial score (nSPS) is 14.7. The lowest BCUT2D eigenvalue weighted by atomic mass is 9.96. The topological polar surface area (TPSA) is 65.0 Å². The maximum Gasteiger partial charge on any atom is 0.188 e. The second-order valence-corrected chi connectivity index (χ2v) is 8.60. The molecule has 3 rings (SSSR count). The van der Waals surface area contributed by atoms with E-state index in [4.69, 9.17) is 4.74 Å². The molecule has 0 aromatic carbocycles. The molecule has 0 spiro atoms. The molecule has 0 saturated heterocycles. The number of fused-ring (bicyclic) bond motifs is 1. The quantitative estimate of drug-likeness (QED) is 0.589. The largest absolute Gasteiger partial charge is 0.369 e. The molecule has 0 fully saturated rings. The molecule has 0 unspecified atom stereocenters. The fourth-order valence-corrected chi connectivity index (χ4v) is 3.88. The number of Topliss-reactive ketones (excluding diaryl/α,β-unsaturated/α-hetero) is 1. The zero-order valence-corrected chi connectivity index (χ0v) is 15.8. The molecule has 0 amide bonds. The predicted octanol–water partition coefficient (Wildman–Crippen LogP) is 4.06. The van der Waals surface area contributed by atoms with E-state index in [-0.39, 0.29) is 11.4 Å². The maximum absolute atomic E-state index is 11.8. The van der Waals surface area contributed by atoms with E-state index >= 15 is 0 Å². The average Bonchev–Trinajstić information content (AvgIpc) is 2.98. The number of carbonyl (C=O) groups excluding carboxylic acids is 1. The van der Waals surface area contributed by atoms with Crippen molar-refractivity contribution < 1.29 is 9.53 Å². The summed E-state index contributed by atoms with van der Waals surface area (Å²) in [6.07, 6.45) is 4.04. The van der Waals surface area contributed by atoms with Crippen LogP contribution in [0, 0.1) is 0 Å². The average molecular weight is 364 g/mol. The molecule has 2 aromatic rings. The third-order valence-corrected chi connectivity index (χ3v) is 5.31. The Hall–Kier alpha value is -1.31. The zero-order valence-electron chi connectivity index (χ0n) is 14.2. The number of aromatic nitrogens is 3. The molecule has 2 heterocycles. The fourth-order valence-electron chi connectivity index (χ4n) is 2.34. The van der Waals surface area contributed by atoms with Crippen molar-refractivity contribution in [2.24, 2.45) is 0 Å². The number of ether oxygens (including phenoxy) is 1. The van der Waals surface area contributed by atoms with Crippen LogP contribution in [0.15, 0.2) is 16.7 Å². The Morgan fingerprint density at radius 2 is 2.12 bits per heavy atom. The summed E-state index contributed by atoms with van der Waals surface area (Å²) in [5, 5.41) is 3.75. The van der Waals surface area contributed by atoms with Gasteiger partial charge in [0.05, 0.1) is 29.2 Å². The van der Waals surface area contributed by atoms with Crippen molar-refractivity contribution in [3.63, 3.8) is 0 Å². The van der Waals surface area contributed by atoms with E-state index in [1.165, 1.54) is 0 Å². The first kappa shape index (κ1) is 17.5. The van der Waals surface area contributed by atoms with Crippen LogP contribution in [-0.2, 0) is 23.5 Å². The van der Waals surface area contributed by atoms with Gasteiger partial charge in [0.2, 0.25) is 0 Å². The first-order valence-corrected chi connectivity index (χ1v) is 9.86. The highest BCUT2D eigenvalue weighted by molar-refractivity contribution is 7.98. The van der Waals surface area contributed by atoms with E-state index in [1.54, 1.807) is 29.3 Å². The van der Waals surface area contributed by atoms with Crippen molar-refractivity contribution in [2.75, 3.05) is 0 Å². The van der Waals surface area contributed by atoms with Gasteiger partial charge in [-0.15, -0.1) is 11.3 Å². The Labute approximate surface area is 150 Å². The molecule has 0 bridgehead atoms. The van der Waals surface area contributed by atoms with E-state index in [1.807, 2.05) is 20.8 Å². The standard InChI is InChI=1S/C17H21N3O2S2/c1-17(2,3)22-8-15-19-11(9-23-15)10-24-16-18-7-12-13(20-16)5-4-6-14(12)21/h7,9H,4-6,8,10H2,1-3H3. The highest BCUT2D eigenvalue weighted by atomic mass is 32.2. The van der Waals surface area contributed by atoms with Gasteiger partial charge in [-0.25, -0.2) is 15.0 Å². The van der Waals surface area contributed by atoms with Gasteiger partial charge in [-0.2, -0.15) is 0 Å². The van der Waals surface area contributed by atoms with Gasteiger partial charge in [0.15, 0.2) is 10.9 Å². The van der Waals surface area contributed by atoms with Crippen molar-refractivity contribution >= 4 is 28.9 Å². The minimum Gasteiger partial charge on any atom is -0.369 e. The van der Waals surface area contributed by atoms with Crippen molar-refractivity contribution in [3.05, 3.63) is 33.5 Å². The van der Waals surface area contributed by atoms with Crippen molar-refractivity contribution in [1.82, 2.24) is 15.0 Å². The summed E-state index contributed by atoms with van der Waals surface area (Å²) in [6, 6.07) is 0. The predicted molar refractivity (Wildman–Crippen MR) is 95.5 cm³/mol. The monoisotopic (exact) mass is 363 g/mol. The number of carbonyl (C=O) groups is 1. The fraction of sp³-hybridized carbons (Fsp3) is 0.529. The van der Waals surface area contributed by atoms with Gasteiger partial charge in [-0.1, -0.05) is 11.8 Å². The van der Waals surface area contributed by atoms with Gasteiger partial charge in [0, 0.05) is 23.8 Å². The molecule has 2 aromatic heterocycles. The summed E-state index contributed by atoms with van der Waals surface area (Å²) in [4.78, 5) is 25.2. The lowest BCUT2D eigenvalue weighted by molar-refractivity contribution is -0.0150. The van der Waals surface area contributed by atoms with Crippen LogP contribution in [0.3, 0.4) is 0 Å². The highest BCUT2D eigenvalue weighted by Crippen LogP contribution is 2.25. The van der Waals surface area contributed by atoms with Crippen LogP contribution in [0.5, 0.6) is 0 Å². The number of ketones is 1.